The van der Waals surface area contributed by atoms with Gasteiger partial charge in [-0.2, -0.15) is 5.26 Å². The Labute approximate surface area is 164 Å². The highest BCUT2D eigenvalue weighted by Gasteiger charge is 2.58. The van der Waals surface area contributed by atoms with Crippen LogP contribution in [0.15, 0.2) is 54.6 Å². The number of anilines is 2. The van der Waals surface area contributed by atoms with Gasteiger partial charge in [0.15, 0.2) is 0 Å². The third-order valence-electron chi connectivity index (χ3n) is 5.53. The first-order chi connectivity index (χ1) is 13.6. The summed E-state index contributed by atoms with van der Waals surface area (Å²) in [6, 6.07) is 19.0. The van der Waals surface area contributed by atoms with Gasteiger partial charge >= 0.3 is 0 Å². The third kappa shape index (κ3) is 3.44. The van der Waals surface area contributed by atoms with Gasteiger partial charge in [0.2, 0.25) is 11.8 Å². The first-order valence-electron chi connectivity index (χ1n) is 9.53. The largest absolute Gasteiger partial charge is 0.368 e. The minimum absolute atomic E-state index is 0.0749. The molecule has 2 fully saturated rings. The lowest BCUT2D eigenvalue weighted by Gasteiger charge is -2.37. The van der Waals surface area contributed by atoms with E-state index in [1.807, 2.05) is 23.1 Å². The monoisotopic (exact) mass is 374 g/mol. The molecule has 2 aliphatic rings. The molecule has 1 heterocycles. The SMILES string of the molecule is N#Cc1cccc(NC(=O)C2(C(=O)N3CCN(c4ccccc4)CC3)CC2)c1. The highest BCUT2D eigenvalue weighted by Crippen LogP contribution is 2.48. The van der Waals surface area contributed by atoms with Gasteiger partial charge in [0.05, 0.1) is 11.6 Å². The standard InChI is InChI=1S/C22H22N4O2/c23-16-17-5-4-6-18(15-17)24-20(27)22(9-10-22)21(28)26-13-11-25(12-14-26)19-7-2-1-3-8-19/h1-8,15H,9-14H2,(H,24,27). The molecule has 0 aromatic heterocycles. The van der Waals surface area contributed by atoms with E-state index in [1.165, 1.54) is 0 Å². The van der Waals surface area contributed by atoms with Gasteiger partial charge in [-0.05, 0) is 43.2 Å². The van der Waals surface area contributed by atoms with E-state index in [4.69, 9.17) is 5.26 Å². The van der Waals surface area contributed by atoms with E-state index in [1.54, 1.807) is 24.3 Å². The molecule has 1 aliphatic heterocycles. The molecule has 142 valence electrons. The van der Waals surface area contributed by atoms with Crippen molar-refractivity contribution in [3.63, 3.8) is 0 Å². The highest BCUT2D eigenvalue weighted by atomic mass is 16.2. The Morgan fingerprint density at radius 2 is 1.68 bits per heavy atom. The van der Waals surface area contributed by atoms with Gasteiger partial charge < -0.3 is 15.1 Å². The molecule has 0 radical (unpaired) electrons. The van der Waals surface area contributed by atoms with Crippen LogP contribution in [0.5, 0.6) is 0 Å². The number of rotatable bonds is 4. The molecule has 0 spiro atoms. The summed E-state index contributed by atoms with van der Waals surface area (Å²) in [4.78, 5) is 30.0. The molecule has 0 unspecified atom stereocenters. The maximum Gasteiger partial charge on any atom is 0.240 e. The Morgan fingerprint density at radius 1 is 0.964 bits per heavy atom. The van der Waals surface area contributed by atoms with Gasteiger partial charge in [-0.1, -0.05) is 24.3 Å². The fourth-order valence-corrected chi connectivity index (χ4v) is 3.69. The van der Waals surface area contributed by atoms with Crippen LogP contribution in [0.2, 0.25) is 0 Å². The molecule has 6 nitrogen and oxygen atoms in total. The zero-order valence-corrected chi connectivity index (χ0v) is 15.6. The molecule has 4 rings (SSSR count). The average Bonchev–Trinajstić information content (AvgIpc) is 3.56. The molecular weight excluding hydrogens is 352 g/mol. The van der Waals surface area contributed by atoms with Crippen molar-refractivity contribution < 1.29 is 9.59 Å². The van der Waals surface area contributed by atoms with E-state index < -0.39 is 5.41 Å². The summed E-state index contributed by atoms with van der Waals surface area (Å²) in [5.74, 6) is -0.341. The summed E-state index contributed by atoms with van der Waals surface area (Å²) in [5.41, 5.74) is 1.24. The van der Waals surface area contributed by atoms with Gasteiger partial charge in [-0.25, -0.2) is 0 Å². The lowest BCUT2D eigenvalue weighted by molar-refractivity contribution is -0.142. The van der Waals surface area contributed by atoms with Crippen molar-refractivity contribution in [1.82, 2.24) is 4.90 Å². The van der Waals surface area contributed by atoms with Gasteiger partial charge in [0.25, 0.3) is 0 Å². The average molecular weight is 374 g/mol. The number of carbonyl (C=O) groups is 2. The Kier molecular flexibility index (Phi) is 4.74. The zero-order valence-electron chi connectivity index (χ0n) is 15.6. The molecule has 2 aromatic carbocycles. The minimum atomic E-state index is -0.947. The number of amides is 2. The normalized spacial score (nSPS) is 17.5. The lowest BCUT2D eigenvalue weighted by Crippen LogP contribution is -2.52. The molecule has 1 aliphatic carbocycles. The summed E-state index contributed by atoms with van der Waals surface area (Å²) < 4.78 is 0. The number of carbonyl (C=O) groups excluding carboxylic acids is 2. The summed E-state index contributed by atoms with van der Waals surface area (Å²) in [7, 11) is 0. The Hall–Kier alpha value is -3.33. The predicted octanol–water partition coefficient (Wildman–Crippen LogP) is 2.63. The van der Waals surface area contributed by atoms with Crippen LogP contribution < -0.4 is 10.2 Å². The van der Waals surface area contributed by atoms with E-state index in [-0.39, 0.29) is 11.8 Å². The van der Waals surface area contributed by atoms with Crippen LogP contribution in [0.4, 0.5) is 11.4 Å². The van der Waals surface area contributed by atoms with Crippen LogP contribution in [0.1, 0.15) is 18.4 Å². The smallest absolute Gasteiger partial charge is 0.240 e. The molecule has 2 aromatic rings. The van der Waals surface area contributed by atoms with Gasteiger partial charge in [0.1, 0.15) is 5.41 Å². The topological polar surface area (TPSA) is 76.4 Å². The van der Waals surface area contributed by atoms with Crippen molar-refractivity contribution in [3.8, 4) is 6.07 Å². The summed E-state index contributed by atoms with van der Waals surface area (Å²) >= 11 is 0. The minimum Gasteiger partial charge on any atom is -0.368 e. The maximum atomic E-state index is 13.1. The van der Waals surface area contributed by atoms with Crippen molar-refractivity contribution in [2.24, 2.45) is 5.41 Å². The van der Waals surface area contributed by atoms with E-state index in [0.29, 0.717) is 37.2 Å². The molecule has 2 amide bonds. The fourth-order valence-electron chi connectivity index (χ4n) is 3.69. The molecule has 1 saturated heterocycles. The zero-order chi connectivity index (χ0) is 19.6. The van der Waals surface area contributed by atoms with Gasteiger partial charge in [0, 0.05) is 37.6 Å². The molecule has 1 N–H and O–H groups in total. The number of hydrogen-bond acceptors (Lipinski definition) is 4. The fraction of sp³-hybridized carbons (Fsp3) is 0.318. The second-order valence-corrected chi connectivity index (χ2v) is 7.34. The Balaban J connectivity index is 1.39. The van der Waals surface area contributed by atoms with Crippen LogP contribution in [-0.2, 0) is 9.59 Å². The number of nitrogens with one attached hydrogen (secondary N) is 1. The van der Waals surface area contributed by atoms with Crippen LogP contribution in [-0.4, -0.2) is 42.9 Å². The Morgan fingerprint density at radius 3 is 2.32 bits per heavy atom. The third-order valence-corrected chi connectivity index (χ3v) is 5.53. The van der Waals surface area contributed by atoms with Crippen molar-refractivity contribution in [1.29, 1.82) is 5.26 Å². The Bertz CT molecular complexity index is 923. The van der Waals surface area contributed by atoms with E-state index in [2.05, 4.69) is 28.4 Å². The lowest BCUT2D eigenvalue weighted by atomic mass is 10.0. The van der Waals surface area contributed by atoms with Gasteiger partial charge in [-0.15, -0.1) is 0 Å². The predicted molar refractivity (Wildman–Crippen MR) is 107 cm³/mol. The van der Waals surface area contributed by atoms with Crippen molar-refractivity contribution in [2.75, 3.05) is 36.4 Å². The second kappa shape index (κ2) is 7.35. The molecule has 0 atom stereocenters. The number of nitriles is 1. The van der Waals surface area contributed by atoms with Crippen LogP contribution in [0, 0.1) is 16.7 Å². The molecule has 28 heavy (non-hydrogen) atoms. The highest BCUT2D eigenvalue weighted by molar-refractivity contribution is 6.13. The first kappa shape index (κ1) is 18.1. The number of hydrogen-bond donors (Lipinski definition) is 1. The number of nitrogens with zero attached hydrogens (tertiary/aromatic N) is 3. The van der Waals surface area contributed by atoms with Crippen molar-refractivity contribution in [2.45, 2.75) is 12.8 Å². The molecular formula is C22H22N4O2. The van der Waals surface area contributed by atoms with Crippen LogP contribution in [0.3, 0.4) is 0 Å². The quantitative estimate of drug-likeness (QED) is 0.835. The number of piperazine rings is 1. The van der Waals surface area contributed by atoms with Crippen molar-refractivity contribution >= 4 is 23.2 Å². The molecule has 1 saturated carbocycles. The van der Waals surface area contributed by atoms with Crippen LogP contribution in [0.25, 0.3) is 0 Å². The molecule has 0 bridgehead atoms. The summed E-state index contributed by atoms with van der Waals surface area (Å²) in [6.07, 6.45) is 1.16. The summed E-state index contributed by atoms with van der Waals surface area (Å²) in [5, 5.41) is 11.8. The van der Waals surface area contributed by atoms with Crippen LogP contribution >= 0.6 is 0 Å². The van der Waals surface area contributed by atoms with Crippen molar-refractivity contribution in [3.05, 3.63) is 60.2 Å². The maximum absolute atomic E-state index is 13.1. The van der Waals surface area contributed by atoms with E-state index >= 15 is 0 Å². The second-order valence-electron chi connectivity index (χ2n) is 7.34. The first-order valence-corrected chi connectivity index (χ1v) is 9.53. The van der Waals surface area contributed by atoms with E-state index in [0.717, 1.165) is 18.8 Å². The van der Waals surface area contributed by atoms with Gasteiger partial charge in [-0.3, -0.25) is 9.59 Å². The summed E-state index contributed by atoms with van der Waals surface area (Å²) in [6.45, 7) is 2.76. The number of benzene rings is 2. The van der Waals surface area contributed by atoms with E-state index in [9.17, 15) is 9.59 Å². The molecule has 6 heteroatoms. The number of para-hydroxylation sites is 1.